The van der Waals surface area contributed by atoms with Crippen LogP contribution in [0.3, 0.4) is 0 Å². The van der Waals surface area contributed by atoms with Gasteiger partial charge in [-0.25, -0.2) is 4.98 Å². The van der Waals surface area contributed by atoms with E-state index in [1.165, 1.54) is 43.8 Å². The Morgan fingerprint density at radius 3 is 2.52 bits per heavy atom. The topological polar surface area (TPSA) is 104 Å². The maximum Gasteiger partial charge on any atom is 0.268 e. The molecule has 0 aliphatic heterocycles. The van der Waals surface area contributed by atoms with E-state index in [-0.39, 0.29) is 22.8 Å². The molecular formula is C15H13N3O4S. The van der Waals surface area contributed by atoms with E-state index in [1.54, 1.807) is 11.6 Å². The minimum absolute atomic E-state index is 0.116. The van der Waals surface area contributed by atoms with E-state index in [2.05, 4.69) is 10.3 Å². The summed E-state index contributed by atoms with van der Waals surface area (Å²) in [6.07, 6.45) is 2.92. The summed E-state index contributed by atoms with van der Waals surface area (Å²) in [6.45, 7) is 0. The number of nitriles is 1. The lowest BCUT2D eigenvalue weighted by Crippen LogP contribution is -2.13. The molecule has 1 heterocycles. The Kier molecular flexibility index (Phi) is 5.17. The lowest BCUT2D eigenvalue weighted by atomic mass is 10.1. The van der Waals surface area contributed by atoms with Crippen molar-refractivity contribution in [1.82, 2.24) is 4.98 Å². The van der Waals surface area contributed by atoms with Gasteiger partial charge in [-0.3, -0.25) is 10.1 Å². The fraction of sp³-hybridized carbons (Fsp3) is 0.133. The Labute approximate surface area is 136 Å². The van der Waals surface area contributed by atoms with Crippen LogP contribution in [-0.4, -0.2) is 30.2 Å². The predicted molar refractivity (Wildman–Crippen MR) is 85.5 cm³/mol. The summed E-state index contributed by atoms with van der Waals surface area (Å²) in [4.78, 5) is 16.0. The van der Waals surface area contributed by atoms with Gasteiger partial charge in [0, 0.05) is 11.6 Å². The molecule has 2 rings (SSSR count). The van der Waals surface area contributed by atoms with Crippen LogP contribution < -0.4 is 14.8 Å². The number of methoxy groups -OCH3 is 2. The first-order valence-corrected chi connectivity index (χ1v) is 7.24. The van der Waals surface area contributed by atoms with Gasteiger partial charge >= 0.3 is 0 Å². The van der Waals surface area contributed by atoms with Crippen LogP contribution in [0.25, 0.3) is 6.08 Å². The largest absolute Gasteiger partial charge is 0.502 e. The Morgan fingerprint density at radius 1 is 1.39 bits per heavy atom. The first-order valence-electron chi connectivity index (χ1n) is 6.36. The lowest BCUT2D eigenvalue weighted by Gasteiger charge is -2.09. The molecule has 0 atom stereocenters. The Morgan fingerprint density at radius 2 is 2.04 bits per heavy atom. The molecule has 8 heteroatoms. The van der Waals surface area contributed by atoms with Crippen LogP contribution in [0.4, 0.5) is 5.13 Å². The molecule has 0 bridgehead atoms. The number of aromatic hydroxyl groups is 1. The van der Waals surface area contributed by atoms with E-state index in [1.807, 2.05) is 6.07 Å². The SMILES string of the molecule is COc1cc(/C=C(\C#N)C(=O)Nc2nccs2)cc(OC)c1O. The summed E-state index contributed by atoms with van der Waals surface area (Å²) in [5.74, 6) is -0.382. The standard InChI is InChI=1S/C15H13N3O4S/c1-21-11-6-9(7-12(22-2)13(11)19)5-10(8-16)14(20)18-15-17-3-4-23-15/h3-7,19H,1-2H3,(H,17,18,20)/b10-5+. The van der Waals surface area contributed by atoms with Crippen LogP contribution in [-0.2, 0) is 4.79 Å². The fourth-order valence-corrected chi connectivity index (χ4v) is 2.29. The molecule has 1 aromatic heterocycles. The number of nitrogens with zero attached hydrogens (tertiary/aromatic N) is 2. The molecule has 0 unspecified atom stereocenters. The number of amides is 1. The first-order chi connectivity index (χ1) is 11.1. The van der Waals surface area contributed by atoms with Gasteiger partial charge in [0.1, 0.15) is 11.6 Å². The van der Waals surface area contributed by atoms with E-state index in [4.69, 9.17) is 9.47 Å². The van der Waals surface area contributed by atoms with Crippen molar-refractivity contribution in [3.63, 3.8) is 0 Å². The van der Waals surface area contributed by atoms with Gasteiger partial charge in [-0.1, -0.05) is 0 Å². The van der Waals surface area contributed by atoms with Gasteiger partial charge in [-0.05, 0) is 23.8 Å². The molecule has 2 aromatic rings. The number of hydrogen-bond acceptors (Lipinski definition) is 7. The van der Waals surface area contributed by atoms with E-state index in [0.29, 0.717) is 10.7 Å². The molecule has 1 amide bonds. The smallest absolute Gasteiger partial charge is 0.268 e. The predicted octanol–water partition coefficient (Wildman–Crippen LogP) is 2.41. The maximum absolute atomic E-state index is 12.1. The molecule has 0 aliphatic rings. The Balaban J connectivity index is 2.34. The summed E-state index contributed by atoms with van der Waals surface area (Å²) < 4.78 is 10.1. The van der Waals surface area contributed by atoms with E-state index >= 15 is 0 Å². The average Bonchev–Trinajstić information content (AvgIpc) is 3.06. The number of phenolic OH excluding ortho intramolecular Hbond substituents is 1. The zero-order valence-electron chi connectivity index (χ0n) is 12.4. The molecule has 7 nitrogen and oxygen atoms in total. The zero-order valence-corrected chi connectivity index (χ0v) is 13.2. The van der Waals surface area contributed by atoms with Crippen LogP contribution >= 0.6 is 11.3 Å². The van der Waals surface area contributed by atoms with E-state index in [0.717, 1.165) is 0 Å². The van der Waals surface area contributed by atoms with Crippen LogP contribution in [0, 0.1) is 11.3 Å². The molecule has 118 valence electrons. The molecule has 1 aromatic carbocycles. The summed E-state index contributed by atoms with van der Waals surface area (Å²) in [7, 11) is 2.78. The summed E-state index contributed by atoms with van der Waals surface area (Å²) in [5, 5.41) is 23.7. The van der Waals surface area contributed by atoms with Crippen LogP contribution in [0.1, 0.15) is 5.56 Å². The number of aromatic nitrogens is 1. The number of thiazole rings is 1. The average molecular weight is 331 g/mol. The van der Waals surface area contributed by atoms with Gasteiger partial charge in [-0.15, -0.1) is 11.3 Å². The normalized spacial score (nSPS) is 10.7. The van der Waals surface area contributed by atoms with E-state index in [9.17, 15) is 15.2 Å². The molecule has 0 saturated carbocycles. The zero-order chi connectivity index (χ0) is 16.8. The van der Waals surface area contributed by atoms with Gasteiger partial charge < -0.3 is 14.6 Å². The fourth-order valence-electron chi connectivity index (χ4n) is 1.76. The van der Waals surface area contributed by atoms with Crippen molar-refractivity contribution in [3.05, 3.63) is 34.8 Å². The van der Waals surface area contributed by atoms with Crippen molar-refractivity contribution in [2.75, 3.05) is 19.5 Å². The van der Waals surface area contributed by atoms with Crippen molar-refractivity contribution in [3.8, 4) is 23.3 Å². The second kappa shape index (κ2) is 7.29. The minimum atomic E-state index is -0.576. The minimum Gasteiger partial charge on any atom is -0.502 e. The number of phenols is 1. The molecule has 0 spiro atoms. The van der Waals surface area contributed by atoms with E-state index < -0.39 is 5.91 Å². The highest BCUT2D eigenvalue weighted by Gasteiger charge is 2.14. The van der Waals surface area contributed by atoms with Crippen molar-refractivity contribution in [2.24, 2.45) is 0 Å². The summed E-state index contributed by atoms with van der Waals surface area (Å²) >= 11 is 1.25. The molecule has 2 N–H and O–H groups in total. The second-order valence-corrected chi connectivity index (χ2v) is 5.13. The highest BCUT2D eigenvalue weighted by molar-refractivity contribution is 7.13. The Hall–Kier alpha value is -3.05. The van der Waals surface area contributed by atoms with Gasteiger partial charge in [0.05, 0.1) is 14.2 Å². The van der Waals surface area contributed by atoms with Gasteiger partial charge in [0.25, 0.3) is 5.91 Å². The number of hydrogen-bond donors (Lipinski definition) is 2. The number of nitrogens with one attached hydrogen (secondary N) is 1. The van der Waals surface area contributed by atoms with Gasteiger partial charge in [-0.2, -0.15) is 5.26 Å². The summed E-state index contributed by atoms with van der Waals surface area (Å²) in [5.41, 5.74) is 0.359. The number of anilines is 1. The van der Waals surface area contributed by atoms with Crippen molar-refractivity contribution in [2.45, 2.75) is 0 Å². The third-order valence-corrected chi connectivity index (χ3v) is 3.52. The highest BCUT2D eigenvalue weighted by Crippen LogP contribution is 2.37. The maximum atomic E-state index is 12.1. The monoisotopic (exact) mass is 331 g/mol. The van der Waals surface area contributed by atoms with Crippen molar-refractivity contribution < 1.29 is 19.4 Å². The van der Waals surface area contributed by atoms with Crippen LogP contribution in [0.15, 0.2) is 29.3 Å². The molecular weight excluding hydrogens is 318 g/mol. The van der Waals surface area contributed by atoms with Gasteiger partial charge in [0.2, 0.25) is 5.75 Å². The highest BCUT2D eigenvalue weighted by atomic mass is 32.1. The van der Waals surface area contributed by atoms with Crippen molar-refractivity contribution in [1.29, 1.82) is 5.26 Å². The van der Waals surface area contributed by atoms with Crippen LogP contribution in [0.2, 0.25) is 0 Å². The second-order valence-electron chi connectivity index (χ2n) is 4.24. The number of carbonyl (C=O) groups excluding carboxylic acids is 1. The van der Waals surface area contributed by atoms with Gasteiger partial charge in [0.15, 0.2) is 16.6 Å². The molecule has 0 fully saturated rings. The molecule has 0 aliphatic carbocycles. The lowest BCUT2D eigenvalue weighted by molar-refractivity contribution is -0.112. The number of benzene rings is 1. The number of carbonyl (C=O) groups is 1. The third-order valence-electron chi connectivity index (χ3n) is 2.83. The van der Waals surface area contributed by atoms with Crippen LogP contribution in [0.5, 0.6) is 17.2 Å². The molecule has 0 radical (unpaired) electrons. The Bertz CT molecular complexity index is 754. The summed E-state index contributed by atoms with van der Waals surface area (Å²) in [6, 6.07) is 4.82. The quantitative estimate of drug-likeness (QED) is 0.644. The number of rotatable bonds is 5. The molecule has 23 heavy (non-hydrogen) atoms. The third kappa shape index (κ3) is 3.78. The van der Waals surface area contributed by atoms with Crippen molar-refractivity contribution >= 4 is 28.5 Å². The first kappa shape index (κ1) is 16.3. The molecule has 0 saturated heterocycles. The number of ether oxygens (including phenoxy) is 2.